The lowest BCUT2D eigenvalue weighted by Gasteiger charge is -2.53. The number of nitrogens with two attached hydrogens (primary N) is 1. The third kappa shape index (κ3) is 4.26. The zero-order valence-electron chi connectivity index (χ0n) is 21.8. The Morgan fingerprint density at radius 3 is 2.35 bits per heavy atom. The van der Waals surface area contributed by atoms with E-state index in [0.717, 1.165) is 0 Å². The topological polar surface area (TPSA) is 194 Å². The molecular weight excluding hydrogens is 539 g/mol. The molecule has 0 saturated carbocycles. The smallest absolute Gasteiger partial charge is 0.390 e. The van der Waals surface area contributed by atoms with Crippen LogP contribution in [0.3, 0.4) is 0 Å². The maximum Gasteiger partial charge on any atom is 0.390 e. The van der Waals surface area contributed by atoms with Gasteiger partial charge in [0.05, 0.1) is 30.0 Å². The quantitative estimate of drug-likeness (QED) is 0.189. The maximum atomic E-state index is 13.8. The Hall–Kier alpha value is -3.46. The number of aliphatic hydroxyl groups excluding tert-OH is 3. The van der Waals surface area contributed by atoms with Gasteiger partial charge < -0.3 is 36.6 Å². The fourth-order valence-electron chi connectivity index (χ4n) is 6.26. The van der Waals surface area contributed by atoms with Gasteiger partial charge in [-0.15, -0.1) is 0 Å². The number of ketones is 2. The second kappa shape index (κ2) is 9.87. The van der Waals surface area contributed by atoms with Crippen LogP contribution >= 0.6 is 0 Å². The van der Waals surface area contributed by atoms with Gasteiger partial charge in [0.2, 0.25) is 5.78 Å². The summed E-state index contributed by atoms with van der Waals surface area (Å²) in [5.41, 5.74) is 0.721. The van der Waals surface area contributed by atoms with Gasteiger partial charge in [-0.3, -0.25) is 19.3 Å². The highest BCUT2D eigenvalue weighted by atomic mass is 19.4. The van der Waals surface area contributed by atoms with Crippen molar-refractivity contribution >= 4 is 17.5 Å². The minimum Gasteiger partial charge on any atom is -0.510 e. The highest BCUT2D eigenvalue weighted by Gasteiger charge is 2.67. The molecule has 6 atom stereocenters. The number of nitrogens with zero attached hydrogens (tertiary/aromatic N) is 1. The van der Waals surface area contributed by atoms with Crippen LogP contribution in [-0.2, 0) is 16.1 Å². The number of carbonyl (C=O) groups excluding carboxylic acids is 3. The van der Waals surface area contributed by atoms with Crippen molar-refractivity contribution in [2.75, 3.05) is 20.6 Å². The van der Waals surface area contributed by atoms with E-state index >= 15 is 0 Å². The Kier molecular flexibility index (Phi) is 7.28. The second-order valence-electron chi connectivity index (χ2n) is 10.6. The van der Waals surface area contributed by atoms with E-state index in [1.807, 2.05) is 0 Å². The highest BCUT2D eigenvalue weighted by Crippen LogP contribution is 2.55. The number of carbonyl (C=O) groups is 3. The summed E-state index contributed by atoms with van der Waals surface area (Å²) in [5.74, 6) is -10.1. The van der Waals surface area contributed by atoms with E-state index in [1.54, 1.807) is 6.92 Å². The van der Waals surface area contributed by atoms with Crippen molar-refractivity contribution in [1.82, 2.24) is 10.2 Å². The van der Waals surface area contributed by atoms with Gasteiger partial charge in [0, 0.05) is 30.1 Å². The molecule has 0 fully saturated rings. The molecule has 4 rings (SSSR count). The predicted octanol–water partition coefficient (Wildman–Crippen LogP) is 0.694. The summed E-state index contributed by atoms with van der Waals surface area (Å²) in [7, 11) is 2.87. The van der Waals surface area contributed by atoms with Crippen molar-refractivity contribution in [3.63, 3.8) is 0 Å². The summed E-state index contributed by atoms with van der Waals surface area (Å²) >= 11 is 0. The van der Waals surface area contributed by atoms with Gasteiger partial charge in [-0.05, 0) is 25.6 Å². The molecule has 40 heavy (non-hydrogen) atoms. The Morgan fingerprint density at radius 2 is 1.80 bits per heavy atom. The van der Waals surface area contributed by atoms with E-state index < -0.39 is 101 Å². The van der Waals surface area contributed by atoms with Crippen LogP contribution in [-0.4, -0.2) is 92.5 Å². The van der Waals surface area contributed by atoms with Crippen LogP contribution in [0.1, 0.15) is 40.7 Å². The molecule has 0 aliphatic heterocycles. The molecule has 0 heterocycles. The summed E-state index contributed by atoms with van der Waals surface area (Å²) in [6.07, 6.45) is -7.23. The molecule has 11 nitrogen and oxygen atoms in total. The van der Waals surface area contributed by atoms with Crippen LogP contribution in [0.25, 0.3) is 0 Å². The van der Waals surface area contributed by atoms with Crippen molar-refractivity contribution in [2.45, 2.75) is 49.7 Å². The van der Waals surface area contributed by atoms with Crippen molar-refractivity contribution in [1.29, 1.82) is 0 Å². The number of primary amides is 1. The molecule has 218 valence electrons. The highest BCUT2D eigenvalue weighted by molar-refractivity contribution is 6.25. The number of hydrogen-bond acceptors (Lipinski definition) is 10. The van der Waals surface area contributed by atoms with Gasteiger partial charge in [-0.2, -0.15) is 13.2 Å². The molecule has 1 aromatic carbocycles. The molecule has 3 aliphatic rings. The maximum absolute atomic E-state index is 13.8. The lowest BCUT2D eigenvalue weighted by molar-refractivity contribution is -0.162. The first kappa shape index (κ1) is 29.5. The third-order valence-corrected chi connectivity index (χ3v) is 8.12. The molecule has 3 aliphatic carbocycles. The Labute approximate surface area is 226 Å². The van der Waals surface area contributed by atoms with E-state index in [1.165, 1.54) is 31.1 Å². The van der Waals surface area contributed by atoms with Crippen molar-refractivity contribution in [3.8, 4) is 5.75 Å². The first-order chi connectivity index (χ1) is 18.5. The number of nitrogens with one attached hydrogen (secondary N) is 1. The van der Waals surface area contributed by atoms with Crippen LogP contribution in [0, 0.1) is 11.8 Å². The summed E-state index contributed by atoms with van der Waals surface area (Å²) in [5, 5.41) is 58.9. The Bertz CT molecular complexity index is 1360. The average Bonchev–Trinajstić information content (AvgIpc) is 2.84. The number of phenolic OH excluding ortho intramolecular Hbond substituents is 1. The summed E-state index contributed by atoms with van der Waals surface area (Å²) in [6.45, 7) is 0.906. The predicted molar refractivity (Wildman–Crippen MR) is 132 cm³/mol. The molecule has 0 radical (unpaired) electrons. The molecule has 8 N–H and O–H groups in total. The number of aromatic hydroxyl groups is 1. The summed E-state index contributed by atoms with van der Waals surface area (Å²) < 4.78 is 37.4. The number of rotatable bonds is 6. The minimum absolute atomic E-state index is 0.0817. The van der Waals surface area contributed by atoms with Crippen molar-refractivity contribution < 1.29 is 53.1 Å². The van der Waals surface area contributed by atoms with Crippen LogP contribution in [0.2, 0.25) is 0 Å². The number of amides is 1. The number of Topliss-reactive ketones (excluding diaryl/α,β-unsaturated/α-hetero) is 2. The van der Waals surface area contributed by atoms with Gasteiger partial charge in [0.25, 0.3) is 5.91 Å². The molecule has 0 saturated heterocycles. The third-order valence-electron chi connectivity index (χ3n) is 8.12. The van der Waals surface area contributed by atoms with Crippen LogP contribution in [0.4, 0.5) is 13.2 Å². The van der Waals surface area contributed by atoms with Gasteiger partial charge in [-0.25, -0.2) is 0 Å². The van der Waals surface area contributed by atoms with E-state index in [9.17, 15) is 53.1 Å². The van der Waals surface area contributed by atoms with E-state index in [0.29, 0.717) is 0 Å². The van der Waals surface area contributed by atoms with Crippen molar-refractivity contribution in [3.05, 3.63) is 51.5 Å². The SMILES string of the molecule is C[C@H]1c2ccc(CNCCC(F)(F)F)c(O)c2C(=O)C2=C(O)[C@]3(O)C(=O)C(C(N)=O)=C(O)[C@@H](N(C)C)C3[C@@H](O)C21. The average molecular weight is 570 g/mol. The molecule has 0 spiro atoms. The number of phenols is 1. The fourth-order valence-corrected chi connectivity index (χ4v) is 6.26. The number of hydrogen-bond donors (Lipinski definition) is 7. The van der Waals surface area contributed by atoms with Crippen LogP contribution < -0.4 is 11.1 Å². The number of aliphatic hydroxyl groups is 4. The van der Waals surface area contributed by atoms with E-state index in [2.05, 4.69) is 5.32 Å². The largest absolute Gasteiger partial charge is 0.510 e. The van der Waals surface area contributed by atoms with Crippen molar-refractivity contribution in [2.24, 2.45) is 17.6 Å². The zero-order valence-corrected chi connectivity index (χ0v) is 21.8. The number of halogens is 3. The number of fused-ring (bicyclic) bond motifs is 3. The lowest BCUT2D eigenvalue weighted by atomic mass is 9.55. The normalized spacial score (nSPS) is 30.4. The molecule has 0 bridgehead atoms. The molecule has 1 amide bonds. The van der Waals surface area contributed by atoms with Gasteiger partial charge >= 0.3 is 6.18 Å². The lowest BCUT2D eigenvalue weighted by Crippen LogP contribution is -2.68. The molecule has 2 unspecified atom stereocenters. The Morgan fingerprint density at radius 1 is 1.18 bits per heavy atom. The summed E-state index contributed by atoms with van der Waals surface area (Å²) in [6, 6.07) is 1.52. The van der Waals surface area contributed by atoms with E-state index in [-0.39, 0.29) is 23.2 Å². The minimum atomic E-state index is -4.39. The molecule has 14 heteroatoms. The number of alkyl halides is 3. The van der Waals surface area contributed by atoms with Gasteiger partial charge in [0.15, 0.2) is 11.4 Å². The number of benzene rings is 1. The second-order valence-corrected chi connectivity index (χ2v) is 10.6. The van der Waals surface area contributed by atoms with Gasteiger partial charge in [0.1, 0.15) is 22.8 Å². The summed E-state index contributed by atoms with van der Waals surface area (Å²) in [4.78, 5) is 40.5. The first-order valence-electron chi connectivity index (χ1n) is 12.4. The molecular formula is C26H30F3N3O8. The number of likely N-dealkylation sites (N-methyl/N-ethyl adjacent to an activating group) is 1. The fraction of sp³-hybridized carbons (Fsp3) is 0.500. The Balaban J connectivity index is 1.85. The van der Waals surface area contributed by atoms with Crippen LogP contribution in [0.5, 0.6) is 5.75 Å². The zero-order chi connectivity index (χ0) is 30.1. The molecule has 0 aromatic heterocycles. The van der Waals surface area contributed by atoms with E-state index in [4.69, 9.17) is 5.73 Å². The monoisotopic (exact) mass is 569 g/mol. The standard InChI is InChI=1S/C26H30F3N3O8/c1-9-11-5-4-10(8-31-7-6-25(27,28)29)18(33)13(11)19(34)14-12(9)20(35)16-17(32(2)3)21(36)15(24(30)39)23(38)26(16,40)22(14)37/h4-5,9,12,16-17,20,31,33,35-37,40H,6-8H2,1-3H3,(H2,30,39)/t9-,12?,16?,17-,20-,26-/m0/s1. The van der Waals surface area contributed by atoms with Gasteiger partial charge in [-0.1, -0.05) is 19.1 Å². The molecule has 1 aromatic rings. The van der Waals surface area contributed by atoms with Crippen LogP contribution in [0.15, 0.2) is 34.8 Å². The first-order valence-corrected chi connectivity index (χ1v) is 12.4.